The highest BCUT2D eigenvalue weighted by molar-refractivity contribution is 6.35. The molecule has 4 heterocycles. The van der Waals surface area contributed by atoms with Crippen LogP contribution >= 0.6 is 11.6 Å². The van der Waals surface area contributed by atoms with Gasteiger partial charge in [0, 0.05) is 42.6 Å². The van der Waals surface area contributed by atoms with Crippen LogP contribution in [0.15, 0.2) is 30.3 Å². The number of fused-ring (bicyclic) bond motifs is 4. The Hall–Kier alpha value is -4.44. The average Bonchev–Trinajstić information content (AvgIpc) is 3.63. The molecule has 0 saturated carbocycles. The average molecular weight is 734 g/mol. The Morgan fingerprint density at radius 1 is 1.08 bits per heavy atom. The van der Waals surface area contributed by atoms with Crippen molar-refractivity contribution in [2.45, 2.75) is 70.2 Å². The van der Waals surface area contributed by atoms with Gasteiger partial charge in [0.1, 0.15) is 35.1 Å². The fraction of sp³-hybridized carbons (Fsp3) is 0.462. The van der Waals surface area contributed by atoms with Crippen molar-refractivity contribution < 1.29 is 32.5 Å². The number of ether oxygens (including phenoxy) is 4. The number of aromatic nitrogens is 2. The molecule has 2 bridgehead atoms. The molecule has 0 unspecified atom stereocenters. The molecule has 3 saturated heterocycles. The van der Waals surface area contributed by atoms with E-state index in [2.05, 4.69) is 20.7 Å². The Bertz CT molecular complexity index is 2070. The third-order valence-corrected chi connectivity index (χ3v) is 10.4. The highest BCUT2D eigenvalue weighted by Gasteiger charge is 2.45. The zero-order valence-corrected chi connectivity index (χ0v) is 30.7. The minimum Gasteiger partial charge on any atom is -0.468 e. The molecule has 3 atom stereocenters. The molecule has 274 valence electrons. The van der Waals surface area contributed by atoms with Gasteiger partial charge in [-0.3, -0.25) is 4.90 Å². The molecule has 0 spiro atoms. The van der Waals surface area contributed by atoms with E-state index < -0.39 is 17.2 Å². The predicted molar refractivity (Wildman–Crippen MR) is 196 cm³/mol. The maximum absolute atomic E-state index is 17.3. The number of piperazine rings is 1. The zero-order valence-electron chi connectivity index (χ0n) is 30.0. The Balaban J connectivity index is 1.37. The molecule has 52 heavy (non-hydrogen) atoms. The molecule has 3 aromatic carbocycles. The summed E-state index contributed by atoms with van der Waals surface area (Å²) in [7, 11) is 3.53. The third kappa shape index (κ3) is 6.77. The van der Waals surface area contributed by atoms with Crippen molar-refractivity contribution >= 4 is 45.2 Å². The summed E-state index contributed by atoms with van der Waals surface area (Å²) in [5.41, 5.74) is -0.469. The lowest BCUT2D eigenvalue weighted by atomic mass is 9.93. The van der Waals surface area contributed by atoms with Crippen LogP contribution in [0.4, 0.5) is 19.4 Å². The first-order chi connectivity index (χ1) is 24.9. The first kappa shape index (κ1) is 35.9. The van der Waals surface area contributed by atoms with Crippen molar-refractivity contribution in [3.05, 3.63) is 52.6 Å². The molecule has 10 nitrogen and oxygen atoms in total. The topological polar surface area (TPSA) is 89.5 Å². The van der Waals surface area contributed by atoms with E-state index in [1.807, 2.05) is 32.7 Å². The fourth-order valence-corrected chi connectivity index (χ4v) is 8.02. The lowest BCUT2D eigenvalue weighted by Crippen LogP contribution is -2.57. The van der Waals surface area contributed by atoms with Gasteiger partial charge in [-0.15, -0.1) is 6.42 Å². The summed E-state index contributed by atoms with van der Waals surface area (Å²) < 4.78 is 55.3. The maximum atomic E-state index is 17.3. The molecule has 4 aromatic rings. The lowest BCUT2D eigenvalue weighted by Gasteiger charge is -2.42. The second-order valence-electron chi connectivity index (χ2n) is 14.7. The second kappa shape index (κ2) is 14.2. The molecular formula is C39H42ClF2N5O5. The smallest absolute Gasteiger partial charge is 0.410 e. The van der Waals surface area contributed by atoms with Crippen molar-refractivity contribution in [2.24, 2.45) is 0 Å². The van der Waals surface area contributed by atoms with Crippen molar-refractivity contribution in [1.29, 1.82) is 0 Å². The molecule has 1 amide bonds. The van der Waals surface area contributed by atoms with Gasteiger partial charge in [-0.2, -0.15) is 9.97 Å². The maximum Gasteiger partial charge on any atom is 0.410 e. The SMILES string of the molecule is C#Cc1c(F)ccc2cc(OCOC)cc(-c3c(Cl)cc4c(N5C[C@H]6CC[C@@H](C5)N6C(=O)OC(C)(C)C)nc(OC[C@@H]5CCCN5C)nc4c3F)c12. The van der Waals surface area contributed by atoms with Crippen LogP contribution in [-0.2, 0) is 9.47 Å². The number of hydrogen-bond acceptors (Lipinski definition) is 9. The van der Waals surface area contributed by atoms with Gasteiger partial charge in [0.2, 0.25) is 0 Å². The van der Waals surface area contributed by atoms with Gasteiger partial charge in [0.15, 0.2) is 12.6 Å². The van der Waals surface area contributed by atoms with Gasteiger partial charge in [-0.25, -0.2) is 13.6 Å². The minimum absolute atomic E-state index is 0.0175. The predicted octanol–water partition coefficient (Wildman–Crippen LogP) is 7.41. The number of anilines is 1. The number of hydrogen-bond donors (Lipinski definition) is 0. The third-order valence-electron chi connectivity index (χ3n) is 10.1. The van der Waals surface area contributed by atoms with E-state index in [0.717, 1.165) is 32.2 Å². The summed E-state index contributed by atoms with van der Waals surface area (Å²) in [5.74, 6) is 1.85. The van der Waals surface area contributed by atoms with Crippen molar-refractivity contribution in [1.82, 2.24) is 19.8 Å². The number of carbonyl (C=O) groups is 1. The van der Waals surface area contributed by atoms with Crippen LogP contribution in [0.5, 0.6) is 11.8 Å². The molecular weight excluding hydrogens is 692 g/mol. The van der Waals surface area contributed by atoms with Crippen LogP contribution in [-0.4, -0.2) is 96.8 Å². The van der Waals surface area contributed by atoms with Crippen LogP contribution in [0, 0.1) is 24.0 Å². The number of halogens is 3. The monoisotopic (exact) mass is 733 g/mol. The fourth-order valence-electron chi connectivity index (χ4n) is 7.72. The van der Waals surface area contributed by atoms with E-state index in [4.69, 9.17) is 42.0 Å². The van der Waals surface area contributed by atoms with Gasteiger partial charge in [-0.1, -0.05) is 23.6 Å². The zero-order chi connectivity index (χ0) is 36.9. The molecule has 0 N–H and O–H groups in total. The van der Waals surface area contributed by atoms with Gasteiger partial charge in [-0.05, 0) is 95.3 Å². The summed E-state index contributed by atoms with van der Waals surface area (Å²) in [6.45, 7) is 7.66. The Kier molecular flexibility index (Phi) is 9.80. The first-order valence-electron chi connectivity index (χ1n) is 17.5. The molecule has 13 heteroatoms. The van der Waals surface area contributed by atoms with Crippen molar-refractivity contribution in [2.75, 3.05) is 52.1 Å². The van der Waals surface area contributed by atoms with Gasteiger partial charge in [0.05, 0.1) is 22.7 Å². The summed E-state index contributed by atoms with van der Waals surface area (Å²) in [4.78, 5) is 28.8. The molecule has 1 aromatic heterocycles. The first-order valence-corrected chi connectivity index (χ1v) is 17.9. The van der Waals surface area contributed by atoms with Gasteiger partial charge in [0.25, 0.3) is 0 Å². The number of benzene rings is 3. The van der Waals surface area contributed by atoms with E-state index >= 15 is 8.78 Å². The lowest BCUT2D eigenvalue weighted by molar-refractivity contribution is 0.0122. The highest BCUT2D eigenvalue weighted by Crippen LogP contribution is 2.45. The molecule has 0 aliphatic carbocycles. The second-order valence-corrected chi connectivity index (χ2v) is 15.1. The number of likely N-dealkylation sites (N-methyl/N-ethyl adjacent to an activating group) is 1. The van der Waals surface area contributed by atoms with Crippen LogP contribution in [0.1, 0.15) is 52.0 Å². The number of rotatable bonds is 8. The number of nitrogens with zero attached hydrogens (tertiary/aromatic N) is 5. The number of amides is 1. The Morgan fingerprint density at radius 2 is 1.83 bits per heavy atom. The largest absolute Gasteiger partial charge is 0.468 e. The molecule has 0 radical (unpaired) electrons. The number of likely N-dealkylation sites (tertiary alicyclic amines) is 1. The Morgan fingerprint density at radius 3 is 2.48 bits per heavy atom. The highest BCUT2D eigenvalue weighted by atomic mass is 35.5. The van der Waals surface area contributed by atoms with E-state index in [-0.39, 0.29) is 64.3 Å². The van der Waals surface area contributed by atoms with Crippen molar-refractivity contribution in [3.63, 3.8) is 0 Å². The molecule has 3 aliphatic heterocycles. The number of methoxy groups -OCH3 is 1. The summed E-state index contributed by atoms with van der Waals surface area (Å²) in [6.07, 6.45) is 9.06. The number of terminal acetylenes is 1. The molecule has 3 fully saturated rings. The van der Waals surface area contributed by atoms with Crippen molar-refractivity contribution in [3.8, 4) is 35.2 Å². The van der Waals surface area contributed by atoms with Gasteiger partial charge >= 0.3 is 12.1 Å². The standard InChI is InChI=1S/C39H42ClF2N5O5/c1-7-27-31(41)13-10-22-15-26(51-21-49-6)16-28(32(22)27)33-30(40)17-29-35(34(33)42)43-37(50-20-25-9-8-14-45(25)5)44-36(29)46-18-23-11-12-24(19-46)47(23)38(48)52-39(2,3)4/h1,10,13,15-17,23-25H,8-9,11-12,14,18-21H2,2-6H3/t23-,24+,25-/m0/s1. The summed E-state index contributed by atoms with van der Waals surface area (Å²) in [6, 6.07) is 7.63. The molecule has 3 aliphatic rings. The van der Waals surface area contributed by atoms with E-state index in [0.29, 0.717) is 47.4 Å². The van der Waals surface area contributed by atoms with Crippen LogP contribution in [0.3, 0.4) is 0 Å². The summed E-state index contributed by atoms with van der Waals surface area (Å²) in [5, 5.41) is 1.25. The Labute approximate surface area is 306 Å². The summed E-state index contributed by atoms with van der Waals surface area (Å²) >= 11 is 7.01. The van der Waals surface area contributed by atoms with Gasteiger partial charge < -0.3 is 28.7 Å². The van der Waals surface area contributed by atoms with E-state index in [1.54, 1.807) is 24.3 Å². The normalized spacial score (nSPS) is 20.5. The van der Waals surface area contributed by atoms with Crippen LogP contribution in [0.25, 0.3) is 32.8 Å². The number of carbonyl (C=O) groups excluding carboxylic acids is 1. The van der Waals surface area contributed by atoms with Crippen LogP contribution in [0.2, 0.25) is 5.02 Å². The quantitative estimate of drug-likeness (QED) is 0.136. The molecule has 7 rings (SSSR count). The van der Waals surface area contributed by atoms with E-state index in [1.165, 1.54) is 13.2 Å². The minimum atomic E-state index is -0.748. The van der Waals surface area contributed by atoms with E-state index in [9.17, 15) is 4.79 Å². The van der Waals surface area contributed by atoms with Crippen LogP contribution < -0.4 is 14.4 Å².